The van der Waals surface area contributed by atoms with E-state index in [9.17, 15) is 8.42 Å². The SMILES string of the molecule is O=S1(=O)Cc2ccc3ccc(c(CCBr)c3c2)CCCCN1. The second kappa shape index (κ2) is 6.69. The van der Waals surface area contributed by atoms with E-state index in [2.05, 4.69) is 38.9 Å². The molecule has 1 N–H and O–H groups in total. The summed E-state index contributed by atoms with van der Waals surface area (Å²) in [6.07, 6.45) is 3.85. The van der Waals surface area contributed by atoms with Crippen LogP contribution in [0.1, 0.15) is 29.5 Å². The van der Waals surface area contributed by atoms with E-state index >= 15 is 0 Å². The zero-order valence-electron chi connectivity index (χ0n) is 12.4. The van der Waals surface area contributed by atoms with Crippen molar-refractivity contribution < 1.29 is 8.42 Å². The molecule has 5 heteroatoms. The molecular weight excluding hydrogens is 362 g/mol. The van der Waals surface area contributed by atoms with Crippen LogP contribution in [-0.4, -0.2) is 20.3 Å². The molecule has 0 unspecified atom stereocenters. The molecule has 3 bridgehead atoms. The Balaban J connectivity index is 2.18. The van der Waals surface area contributed by atoms with Crippen LogP contribution in [0.25, 0.3) is 10.8 Å². The first-order valence-corrected chi connectivity index (χ1v) is 10.4. The van der Waals surface area contributed by atoms with Gasteiger partial charge in [-0.2, -0.15) is 0 Å². The lowest BCUT2D eigenvalue weighted by Gasteiger charge is -2.15. The second-order valence-electron chi connectivity index (χ2n) is 5.81. The molecule has 3 rings (SSSR count). The van der Waals surface area contributed by atoms with Crippen LogP contribution in [0, 0.1) is 0 Å². The zero-order valence-corrected chi connectivity index (χ0v) is 14.8. The summed E-state index contributed by atoms with van der Waals surface area (Å²) in [5, 5.41) is 3.31. The minimum Gasteiger partial charge on any atom is -0.215 e. The fourth-order valence-corrected chi connectivity index (χ4v) is 4.70. The van der Waals surface area contributed by atoms with Gasteiger partial charge in [0, 0.05) is 11.9 Å². The van der Waals surface area contributed by atoms with Gasteiger partial charge in [-0.15, -0.1) is 0 Å². The summed E-state index contributed by atoms with van der Waals surface area (Å²) in [5.74, 6) is 0.0565. The Hall–Kier alpha value is -0.910. The second-order valence-corrected chi connectivity index (χ2v) is 8.41. The molecule has 118 valence electrons. The minimum absolute atomic E-state index is 0.0565. The summed E-state index contributed by atoms with van der Waals surface area (Å²) in [6.45, 7) is 0.526. The minimum atomic E-state index is -3.24. The van der Waals surface area contributed by atoms with Crippen LogP contribution in [0.3, 0.4) is 0 Å². The predicted octanol–water partition coefficient (Wildman–Crippen LogP) is 3.53. The van der Waals surface area contributed by atoms with E-state index in [4.69, 9.17) is 0 Å². The molecule has 1 heterocycles. The number of rotatable bonds is 2. The molecule has 0 radical (unpaired) electrons. The number of halogens is 1. The van der Waals surface area contributed by atoms with Gasteiger partial charge in [0.15, 0.2) is 0 Å². The molecule has 0 atom stereocenters. The van der Waals surface area contributed by atoms with Gasteiger partial charge in [0.25, 0.3) is 0 Å². The van der Waals surface area contributed by atoms with E-state index in [0.29, 0.717) is 6.54 Å². The Bertz CT molecular complexity index is 787. The lowest BCUT2D eigenvalue weighted by atomic mass is 9.93. The van der Waals surface area contributed by atoms with Gasteiger partial charge in [-0.05, 0) is 59.2 Å². The highest BCUT2D eigenvalue weighted by atomic mass is 79.9. The largest absolute Gasteiger partial charge is 0.215 e. The molecule has 0 fully saturated rings. The monoisotopic (exact) mass is 381 g/mol. The van der Waals surface area contributed by atoms with Crippen molar-refractivity contribution in [3.05, 3.63) is 47.0 Å². The third kappa shape index (κ3) is 3.53. The van der Waals surface area contributed by atoms with E-state index in [1.165, 1.54) is 21.9 Å². The van der Waals surface area contributed by atoms with Crippen LogP contribution in [0.4, 0.5) is 0 Å². The quantitative estimate of drug-likeness (QED) is 0.808. The van der Waals surface area contributed by atoms with E-state index in [1.54, 1.807) is 0 Å². The van der Waals surface area contributed by atoms with Crippen molar-refractivity contribution in [1.29, 1.82) is 0 Å². The average Bonchev–Trinajstić information content (AvgIpc) is 2.48. The van der Waals surface area contributed by atoms with Crippen LogP contribution in [0.2, 0.25) is 0 Å². The Labute approximate surface area is 140 Å². The molecule has 1 aliphatic heterocycles. The highest BCUT2D eigenvalue weighted by Crippen LogP contribution is 2.27. The zero-order chi connectivity index (χ0) is 15.6. The number of hydrogen-bond acceptors (Lipinski definition) is 2. The first-order valence-electron chi connectivity index (χ1n) is 7.66. The number of hydrogen-bond donors (Lipinski definition) is 1. The molecule has 2 aromatic rings. The van der Waals surface area contributed by atoms with Gasteiger partial charge in [0.1, 0.15) is 0 Å². The summed E-state index contributed by atoms with van der Waals surface area (Å²) in [5.41, 5.74) is 3.61. The number of benzene rings is 2. The maximum atomic E-state index is 12.1. The van der Waals surface area contributed by atoms with Gasteiger partial charge >= 0.3 is 0 Å². The third-order valence-electron chi connectivity index (χ3n) is 4.19. The maximum Gasteiger partial charge on any atom is 0.215 e. The molecule has 0 saturated heterocycles. The molecule has 0 amide bonds. The third-order valence-corrected chi connectivity index (χ3v) is 5.94. The van der Waals surface area contributed by atoms with Gasteiger partial charge < -0.3 is 0 Å². The van der Waals surface area contributed by atoms with Gasteiger partial charge in [0.2, 0.25) is 10.0 Å². The van der Waals surface area contributed by atoms with Crippen LogP contribution < -0.4 is 4.72 Å². The Morgan fingerprint density at radius 2 is 1.95 bits per heavy atom. The van der Waals surface area contributed by atoms with Crippen LogP contribution in [-0.2, 0) is 28.6 Å². The number of fused-ring (bicyclic) bond motifs is 2. The maximum absolute atomic E-state index is 12.1. The van der Waals surface area contributed by atoms with Crippen LogP contribution >= 0.6 is 15.9 Å². The summed E-state index contributed by atoms with van der Waals surface area (Å²) in [4.78, 5) is 0. The van der Waals surface area contributed by atoms with E-state index in [1.807, 2.05) is 12.1 Å². The molecule has 22 heavy (non-hydrogen) atoms. The van der Waals surface area contributed by atoms with Crippen molar-refractivity contribution in [2.45, 2.75) is 31.4 Å². The van der Waals surface area contributed by atoms with Crippen molar-refractivity contribution >= 4 is 36.7 Å². The van der Waals surface area contributed by atoms with Crippen molar-refractivity contribution in [2.75, 3.05) is 11.9 Å². The van der Waals surface area contributed by atoms with Gasteiger partial charge in [-0.1, -0.05) is 40.2 Å². The van der Waals surface area contributed by atoms with Crippen LogP contribution in [0.15, 0.2) is 30.3 Å². The average molecular weight is 382 g/mol. The van der Waals surface area contributed by atoms with Crippen molar-refractivity contribution in [3.63, 3.8) is 0 Å². The Kier molecular flexibility index (Phi) is 4.85. The molecule has 2 aromatic carbocycles. The molecule has 1 aliphatic rings. The summed E-state index contributed by atoms with van der Waals surface area (Å²) in [6, 6.07) is 10.4. The lowest BCUT2D eigenvalue weighted by Crippen LogP contribution is -2.26. The van der Waals surface area contributed by atoms with E-state index in [0.717, 1.165) is 36.6 Å². The van der Waals surface area contributed by atoms with E-state index < -0.39 is 10.0 Å². The lowest BCUT2D eigenvalue weighted by molar-refractivity contribution is 0.575. The van der Waals surface area contributed by atoms with E-state index in [-0.39, 0.29) is 5.75 Å². The number of nitrogens with one attached hydrogen (secondary N) is 1. The molecular formula is C17H20BrNO2S. The molecule has 0 saturated carbocycles. The first kappa shape index (κ1) is 16.0. The summed E-state index contributed by atoms with van der Waals surface area (Å²) < 4.78 is 26.9. The van der Waals surface area contributed by atoms with Crippen molar-refractivity contribution in [2.24, 2.45) is 0 Å². The van der Waals surface area contributed by atoms with Crippen molar-refractivity contribution in [1.82, 2.24) is 4.72 Å². The number of sulfonamides is 1. The predicted molar refractivity (Wildman–Crippen MR) is 95.0 cm³/mol. The summed E-state index contributed by atoms with van der Waals surface area (Å²) >= 11 is 3.55. The standard InChI is InChI=1S/C17H20BrNO2S/c18-9-8-16-14-3-1-2-10-19-22(20,21)12-13-4-5-15(7-6-14)17(16)11-13/h4-7,11,19H,1-3,8-10,12H2. The molecule has 3 nitrogen and oxygen atoms in total. The van der Waals surface area contributed by atoms with Gasteiger partial charge in [-0.25, -0.2) is 13.1 Å². The molecule has 0 aliphatic carbocycles. The van der Waals surface area contributed by atoms with Gasteiger partial charge in [0.05, 0.1) is 5.75 Å². The normalized spacial score (nSPS) is 18.2. The summed E-state index contributed by atoms with van der Waals surface area (Å²) in [7, 11) is -3.24. The Morgan fingerprint density at radius 3 is 2.77 bits per heavy atom. The number of alkyl halides is 1. The highest BCUT2D eigenvalue weighted by molar-refractivity contribution is 9.09. The fraction of sp³-hybridized carbons (Fsp3) is 0.412. The number of aryl methyl sites for hydroxylation is 2. The topological polar surface area (TPSA) is 46.2 Å². The van der Waals surface area contributed by atoms with Gasteiger partial charge in [-0.3, -0.25) is 0 Å². The first-order chi connectivity index (χ1) is 10.6. The van der Waals surface area contributed by atoms with Crippen molar-refractivity contribution in [3.8, 4) is 0 Å². The van der Waals surface area contributed by atoms with Crippen LogP contribution in [0.5, 0.6) is 0 Å². The Morgan fingerprint density at radius 1 is 1.14 bits per heavy atom. The fourth-order valence-electron chi connectivity index (χ4n) is 3.13. The molecule has 0 aromatic heterocycles. The highest BCUT2D eigenvalue weighted by Gasteiger charge is 2.14. The smallest absolute Gasteiger partial charge is 0.215 e. The molecule has 0 spiro atoms.